The lowest BCUT2D eigenvalue weighted by atomic mass is 10.0. The average Bonchev–Trinajstić information content (AvgIpc) is 3.65. The summed E-state index contributed by atoms with van der Waals surface area (Å²) in [5.74, 6) is 0.305. The minimum atomic E-state index is -0.195. The molecule has 0 spiro atoms. The predicted molar refractivity (Wildman–Crippen MR) is 128 cm³/mol. The SMILES string of the molecule is O=C(NCc1ncccn1)c1cccc([C@@H]2C[C@H]2C(=O)Nc2ccc3cccc(Cl)c3c2)c1. The van der Waals surface area contributed by atoms with Gasteiger partial charge in [-0.15, -0.1) is 0 Å². The molecule has 0 unspecified atom stereocenters. The molecule has 1 fully saturated rings. The Labute approximate surface area is 196 Å². The first kappa shape index (κ1) is 21.1. The molecular formula is C26H21ClN4O2. The summed E-state index contributed by atoms with van der Waals surface area (Å²) in [6.07, 6.45) is 4.03. The molecule has 1 heterocycles. The van der Waals surface area contributed by atoms with E-state index in [0.717, 1.165) is 28.4 Å². The van der Waals surface area contributed by atoms with E-state index in [1.807, 2.05) is 54.6 Å². The third-order valence-corrected chi connectivity index (χ3v) is 6.16. The highest BCUT2D eigenvalue weighted by Crippen LogP contribution is 2.48. The minimum Gasteiger partial charge on any atom is -0.345 e. The molecule has 1 saturated carbocycles. The van der Waals surface area contributed by atoms with Crippen LogP contribution < -0.4 is 10.6 Å². The number of nitrogens with one attached hydrogen (secondary N) is 2. The number of nitrogens with zero attached hydrogens (tertiary/aromatic N) is 2. The molecule has 1 aromatic heterocycles. The van der Waals surface area contributed by atoms with Crippen molar-refractivity contribution in [1.29, 1.82) is 0 Å². The Morgan fingerprint density at radius 1 is 0.970 bits per heavy atom. The molecule has 2 amide bonds. The van der Waals surface area contributed by atoms with Crippen LogP contribution in [0.1, 0.15) is 34.1 Å². The maximum Gasteiger partial charge on any atom is 0.251 e. The molecule has 1 aliphatic carbocycles. The van der Waals surface area contributed by atoms with Gasteiger partial charge < -0.3 is 10.6 Å². The van der Waals surface area contributed by atoms with Gasteiger partial charge in [0.25, 0.3) is 5.91 Å². The summed E-state index contributed by atoms with van der Waals surface area (Å²) < 4.78 is 0. The van der Waals surface area contributed by atoms with Crippen molar-refractivity contribution in [1.82, 2.24) is 15.3 Å². The van der Waals surface area contributed by atoms with E-state index in [1.54, 1.807) is 24.5 Å². The zero-order chi connectivity index (χ0) is 22.8. The Hall–Kier alpha value is -3.77. The van der Waals surface area contributed by atoms with Crippen LogP contribution in [0.15, 0.2) is 79.1 Å². The number of carbonyl (C=O) groups excluding carboxylic acids is 2. The molecule has 2 atom stereocenters. The van der Waals surface area contributed by atoms with Gasteiger partial charge in [0.15, 0.2) is 0 Å². The van der Waals surface area contributed by atoms with Crippen molar-refractivity contribution in [3.63, 3.8) is 0 Å². The normalized spacial score (nSPS) is 16.9. The topological polar surface area (TPSA) is 84.0 Å². The lowest BCUT2D eigenvalue weighted by Crippen LogP contribution is -2.24. The maximum absolute atomic E-state index is 12.8. The number of halogens is 1. The van der Waals surface area contributed by atoms with Gasteiger partial charge in [0.05, 0.1) is 6.54 Å². The quantitative estimate of drug-likeness (QED) is 0.429. The van der Waals surface area contributed by atoms with Gasteiger partial charge in [0, 0.05) is 40.0 Å². The van der Waals surface area contributed by atoms with Crippen molar-refractivity contribution in [2.24, 2.45) is 5.92 Å². The van der Waals surface area contributed by atoms with Crippen LogP contribution in [-0.4, -0.2) is 21.8 Å². The molecule has 1 aliphatic rings. The first-order valence-corrected chi connectivity index (χ1v) is 11.1. The van der Waals surface area contributed by atoms with Crippen LogP contribution in [0.3, 0.4) is 0 Å². The maximum atomic E-state index is 12.8. The number of benzene rings is 3. The highest BCUT2D eigenvalue weighted by molar-refractivity contribution is 6.35. The Kier molecular flexibility index (Phi) is 5.75. The highest BCUT2D eigenvalue weighted by atomic mass is 35.5. The predicted octanol–water partition coefficient (Wildman–Crippen LogP) is 4.96. The molecule has 0 bridgehead atoms. The van der Waals surface area contributed by atoms with Gasteiger partial charge in [-0.3, -0.25) is 9.59 Å². The second kappa shape index (κ2) is 9.00. The first-order valence-electron chi connectivity index (χ1n) is 10.7. The lowest BCUT2D eigenvalue weighted by molar-refractivity contribution is -0.117. The molecule has 0 aliphatic heterocycles. The van der Waals surface area contributed by atoms with E-state index in [2.05, 4.69) is 20.6 Å². The molecule has 164 valence electrons. The summed E-state index contributed by atoms with van der Waals surface area (Å²) in [5.41, 5.74) is 2.27. The van der Waals surface area contributed by atoms with Crippen molar-refractivity contribution in [3.8, 4) is 0 Å². The van der Waals surface area contributed by atoms with Crippen molar-refractivity contribution in [2.45, 2.75) is 18.9 Å². The van der Waals surface area contributed by atoms with Crippen molar-refractivity contribution in [3.05, 3.63) is 101 Å². The van der Waals surface area contributed by atoms with Crippen molar-refractivity contribution < 1.29 is 9.59 Å². The lowest BCUT2D eigenvalue weighted by Gasteiger charge is -2.08. The Morgan fingerprint density at radius 3 is 2.64 bits per heavy atom. The van der Waals surface area contributed by atoms with Crippen LogP contribution in [-0.2, 0) is 11.3 Å². The fourth-order valence-corrected chi connectivity index (χ4v) is 4.23. The number of hydrogen-bond donors (Lipinski definition) is 2. The summed E-state index contributed by atoms with van der Waals surface area (Å²) in [7, 11) is 0. The van der Waals surface area contributed by atoms with Crippen LogP contribution in [0.4, 0.5) is 5.69 Å². The second-order valence-corrected chi connectivity index (χ2v) is 8.49. The standard InChI is InChI=1S/C26H21ClN4O2/c27-23-7-2-4-16-8-9-19(13-21(16)23)31-26(33)22-14-20(22)17-5-1-6-18(12-17)25(32)30-15-24-28-10-3-11-29-24/h1-13,20,22H,14-15H2,(H,30,32)(H,31,33)/t20-,22+/m0/s1. The van der Waals surface area contributed by atoms with Crippen LogP contribution in [0.25, 0.3) is 10.8 Å². The van der Waals surface area contributed by atoms with Crippen LogP contribution in [0.5, 0.6) is 0 Å². The molecule has 0 saturated heterocycles. The van der Waals surface area contributed by atoms with Gasteiger partial charge in [0.1, 0.15) is 5.82 Å². The van der Waals surface area contributed by atoms with E-state index < -0.39 is 0 Å². The average molecular weight is 457 g/mol. The smallest absolute Gasteiger partial charge is 0.251 e. The molecule has 33 heavy (non-hydrogen) atoms. The number of aromatic nitrogens is 2. The Balaban J connectivity index is 1.22. The summed E-state index contributed by atoms with van der Waals surface area (Å²) in [4.78, 5) is 33.6. The Bertz CT molecular complexity index is 1340. The van der Waals surface area contributed by atoms with E-state index in [0.29, 0.717) is 16.4 Å². The van der Waals surface area contributed by atoms with Crippen molar-refractivity contribution >= 4 is 39.9 Å². The molecule has 6 nitrogen and oxygen atoms in total. The zero-order valence-corrected chi connectivity index (χ0v) is 18.4. The molecule has 7 heteroatoms. The van der Waals surface area contributed by atoms with Gasteiger partial charge in [0.2, 0.25) is 5.91 Å². The monoisotopic (exact) mass is 456 g/mol. The van der Waals surface area contributed by atoms with E-state index in [4.69, 9.17) is 11.6 Å². The van der Waals surface area contributed by atoms with Gasteiger partial charge in [-0.25, -0.2) is 9.97 Å². The van der Waals surface area contributed by atoms with E-state index in [9.17, 15) is 9.59 Å². The molecule has 0 radical (unpaired) electrons. The fourth-order valence-electron chi connectivity index (χ4n) is 3.99. The van der Waals surface area contributed by atoms with Crippen LogP contribution in [0, 0.1) is 5.92 Å². The number of hydrogen-bond acceptors (Lipinski definition) is 4. The number of carbonyl (C=O) groups is 2. The first-order chi connectivity index (χ1) is 16.1. The zero-order valence-electron chi connectivity index (χ0n) is 17.7. The van der Waals surface area contributed by atoms with Gasteiger partial charge >= 0.3 is 0 Å². The molecule has 3 aromatic carbocycles. The van der Waals surface area contributed by atoms with Gasteiger partial charge in [-0.2, -0.15) is 0 Å². The minimum absolute atomic E-state index is 0.0255. The fraction of sp³-hybridized carbons (Fsp3) is 0.154. The number of anilines is 1. The third-order valence-electron chi connectivity index (χ3n) is 5.83. The van der Waals surface area contributed by atoms with Crippen LogP contribution in [0.2, 0.25) is 5.02 Å². The number of fused-ring (bicyclic) bond motifs is 1. The summed E-state index contributed by atoms with van der Waals surface area (Å²) in [6, 6.07) is 20.6. The molecule has 4 aromatic rings. The molecule has 5 rings (SSSR count). The molecule has 2 N–H and O–H groups in total. The number of amides is 2. The summed E-state index contributed by atoms with van der Waals surface area (Å²) in [6.45, 7) is 0.258. The largest absolute Gasteiger partial charge is 0.345 e. The summed E-state index contributed by atoms with van der Waals surface area (Å²) >= 11 is 6.29. The summed E-state index contributed by atoms with van der Waals surface area (Å²) in [5, 5.41) is 8.43. The van der Waals surface area contributed by atoms with Crippen LogP contribution >= 0.6 is 11.6 Å². The Morgan fingerprint density at radius 2 is 1.79 bits per heavy atom. The third kappa shape index (κ3) is 4.71. The molecular weight excluding hydrogens is 436 g/mol. The van der Waals surface area contributed by atoms with E-state index >= 15 is 0 Å². The second-order valence-electron chi connectivity index (χ2n) is 8.09. The van der Waals surface area contributed by atoms with Gasteiger partial charge in [-0.05, 0) is 59.7 Å². The van der Waals surface area contributed by atoms with Gasteiger partial charge in [-0.1, -0.05) is 41.9 Å². The number of rotatable bonds is 6. The van der Waals surface area contributed by atoms with Crippen molar-refractivity contribution in [2.75, 3.05) is 5.32 Å². The highest BCUT2D eigenvalue weighted by Gasteiger charge is 2.44. The van der Waals surface area contributed by atoms with E-state index in [-0.39, 0.29) is 30.2 Å². The van der Waals surface area contributed by atoms with E-state index in [1.165, 1.54) is 0 Å².